The second kappa shape index (κ2) is 9.00. The summed E-state index contributed by atoms with van der Waals surface area (Å²) >= 11 is 0. The molecule has 0 aliphatic carbocycles. The fraction of sp³-hybridized carbons (Fsp3) is 0.240. The van der Waals surface area contributed by atoms with Crippen molar-refractivity contribution < 1.29 is 14.3 Å². The number of amides is 2. The molecule has 4 rings (SSSR count). The number of methoxy groups -OCH3 is 1. The van der Waals surface area contributed by atoms with Gasteiger partial charge in [0, 0.05) is 38.8 Å². The van der Waals surface area contributed by atoms with Crippen molar-refractivity contribution in [2.45, 2.75) is 19.4 Å². The average Bonchev–Trinajstić information content (AvgIpc) is 2.81. The number of nitrogens with zero attached hydrogens (tertiary/aromatic N) is 3. The molecule has 6 nitrogen and oxygen atoms in total. The molecule has 3 aromatic rings. The zero-order chi connectivity index (χ0) is 21.8. The highest BCUT2D eigenvalue weighted by molar-refractivity contribution is 6.01. The van der Waals surface area contributed by atoms with E-state index in [1.165, 1.54) is 6.92 Å². The molecule has 2 heterocycles. The highest BCUT2D eigenvalue weighted by atomic mass is 16.5. The Hall–Kier alpha value is -3.67. The predicted octanol–water partition coefficient (Wildman–Crippen LogP) is 3.56. The zero-order valence-corrected chi connectivity index (χ0v) is 17.7. The van der Waals surface area contributed by atoms with E-state index in [1.807, 2.05) is 60.7 Å². The van der Waals surface area contributed by atoms with Gasteiger partial charge in [0.15, 0.2) is 0 Å². The highest BCUT2D eigenvalue weighted by Crippen LogP contribution is 2.32. The summed E-state index contributed by atoms with van der Waals surface area (Å²) in [4.78, 5) is 33.5. The summed E-state index contributed by atoms with van der Waals surface area (Å²) in [6.45, 7) is 2.43. The monoisotopic (exact) mass is 415 g/mol. The van der Waals surface area contributed by atoms with E-state index in [-0.39, 0.29) is 11.8 Å². The molecule has 31 heavy (non-hydrogen) atoms. The van der Waals surface area contributed by atoms with Crippen molar-refractivity contribution >= 4 is 17.5 Å². The number of anilines is 1. The molecule has 1 fully saturated rings. The number of pyridine rings is 1. The molecule has 2 amide bonds. The van der Waals surface area contributed by atoms with Gasteiger partial charge in [0.25, 0.3) is 0 Å². The van der Waals surface area contributed by atoms with Gasteiger partial charge < -0.3 is 14.5 Å². The Morgan fingerprint density at radius 2 is 1.74 bits per heavy atom. The molecule has 0 N–H and O–H groups in total. The van der Waals surface area contributed by atoms with E-state index < -0.39 is 6.04 Å². The summed E-state index contributed by atoms with van der Waals surface area (Å²) in [5, 5.41) is 0. The number of para-hydroxylation sites is 2. The van der Waals surface area contributed by atoms with E-state index in [0.29, 0.717) is 25.3 Å². The SMILES string of the molecule is COc1ccccc1N1CCN(C(C)=O)[C@H](Cc2ccccc2-c2ccncc2)C1=O. The second-order valence-corrected chi connectivity index (χ2v) is 7.49. The van der Waals surface area contributed by atoms with Crippen LogP contribution in [0.15, 0.2) is 73.1 Å². The van der Waals surface area contributed by atoms with Crippen LogP contribution in [0, 0.1) is 0 Å². The number of hydrogen-bond donors (Lipinski definition) is 0. The van der Waals surface area contributed by atoms with Gasteiger partial charge in [0.1, 0.15) is 11.8 Å². The first-order valence-corrected chi connectivity index (χ1v) is 10.3. The number of hydrogen-bond acceptors (Lipinski definition) is 4. The Balaban J connectivity index is 1.70. The van der Waals surface area contributed by atoms with Gasteiger partial charge in [-0.2, -0.15) is 0 Å². The van der Waals surface area contributed by atoms with Crippen molar-refractivity contribution in [3.05, 3.63) is 78.6 Å². The molecule has 1 atom stereocenters. The van der Waals surface area contributed by atoms with Crippen LogP contribution in [0.4, 0.5) is 5.69 Å². The van der Waals surface area contributed by atoms with Gasteiger partial charge in [-0.25, -0.2) is 0 Å². The maximum absolute atomic E-state index is 13.6. The minimum atomic E-state index is -0.584. The number of carbonyl (C=O) groups is 2. The standard InChI is InChI=1S/C25H25N3O3/c1-18(29)27-15-16-28(22-9-5-6-10-24(22)31-2)25(30)23(27)17-20-7-3-4-8-21(20)19-11-13-26-14-12-19/h3-14,23H,15-17H2,1-2H3/t23-/m1/s1. The molecule has 0 spiro atoms. The van der Waals surface area contributed by atoms with Crippen molar-refractivity contribution in [3.63, 3.8) is 0 Å². The van der Waals surface area contributed by atoms with E-state index >= 15 is 0 Å². The van der Waals surface area contributed by atoms with Crippen LogP contribution in [0.3, 0.4) is 0 Å². The number of benzene rings is 2. The smallest absolute Gasteiger partial charge is 0.250 e. The Morgan fingerprint density at radius 3 is 2.48 bits per heavy atom. The minimum Gasteiger partial charge on any atom is -0.495 e. The topological polar surface area (TPSA) is 62.7 Å². The van der Waals surface area contributed by atoms with Gasteiger partial charge in [-0.05, 0) is 41.0 Å². The molecule has 6 heteroatoms. The second-order valence-electron chi connectivity index (χ2n) is 7.49. The molecule has 1 saturated heterocycles. The van der Waals surface area contributed by atoms with E-state index in [1.54, 1.807) is 29.3 Å². The molecule has 0 saturated carbocycles. The zero-order valence-electron chi connectivity index (χ0n) is 17.7. The first-order valence-electron chi connectivity index (χ1n) is 10.3. The van der Waals surface area contributed by atoms with Crippen LogP contribution in [0.5, 0.6) is 5.75 Å². The summed E-state index contributed by atoms with van der Waals surface area (Å²) < 4.78 is 5.47. The van der Waals surface area contributed by atoms with Crippen LogP contribution in [0.2, 0.25) is 0 Å². The first-order chi connectivity index (χ1) is 15.1. The highest BCUT2D eigenvalue weighted by Gasteiger charge is 2.38. The molecule has 1 aliphatic heterocycles. The van der Waals surface area contributed by atoms with Crippen LogP contribution in [-0.2, 0) is 16.0 Å². The summed E-state index contributed by atoms with van der Waals surface area (Å²) in [6.07, 6.45) is 3.94. The third-order valence-corrected chi connectivity index (χ3v) is 5.69. The van der Waals surface area contributed by atoms with Crippen molar-refractivity contribution in [3.8, 4) is 16.9 Å². The lowest BCUT2D eigenvalue weighted by Crippen LogP contribution is -2.59. The molecule has 0 bridgehead atoms. The van der Waals surface area contributed by atoms with Crippen molar-refractivity contribution in [2.24, 2.45) is 0 Å². The molecule has 1 aliphatic rings. The number of rotatable bonds is 5. The number of aromatic nitrogens is 1. The van der Waals surface area contributed by atoms with Gasteiger partial charge in [-0.1, -0.05) is 36.4 Å². The van der Waals surface area contributed by atoms with Crippen molar-refractivity contribution in [1.29, 1.82) is 0 Å². The number of carbonyl (C=O) groups excluding carboxylic acids is 2. The summed E-state index contributed by atoms with van der Waals surface area (Å²) in [5.41, 5.74) is 3.81. The van der Waals surface area contributed by atoms with E-state index in [0.717, 1.165) is 22.4 Å². The van der Waals surface area contributed by atoms with Crippen LogP contribution in [0.1, 0.15) is 12.5 Å². The average molecular weight is 415 g/mol. The first kappa shape index (κ1) is 20.6. The summed E-state index contributed by atoms with van der Waals surface area (Å²) in [6, 6.07) is 18.8. The fourth-order valence-electron chi connectivity index (χ4n) is 4.17. The lowest BCUT2D eigenvalue weighted by Gasteiger charge is -2.40. The number of ether oxygens (including phenoxy) is 1. The van der Waals surface area contributed by atoms with Crippen molar-refractivity contribution in [2.75, 3.05) is 25.1 Å². The minimum absolute atomic E-state index is 0.0978. The normalized spacial score (nSPS) is 16.3. The lowest BCUT2D eigenvalue weighted by atomic mass is 9.93. The third kappa shape index (κ3) is 4.14. The molecule has 1 aromatic heterocycles. The molecule has 2 aromatic carbocycles. The largest absolute Gasteiger partial charge is 0.495 e. The molecular formula is C25H25N3O3. The molecule has 0 unspecified atom stereocenters. The summed E-state index contributed by atoms with van der Waals surface area (Å²) in [7, 11) is 1.59. The maximum Gasteiger partial charge on any atom is 0.250 e. The van der Waals surface area contributed by atoms with Gasteiger partial charge in [-0.15, -0.1) is 0 Å². The molecule has 158 valence electrons. The van der Waals surface area contributed by atoms with Crippen LogP contribution >= 0.6 is 0 Å². The third-order valence-electron chi connectivity index (χ3n) is 5.69. The lowest BCUT2D eigenvalue weighted by molar-refractivity contribution is -0.139. The van der Waals surface area contributed by atoms with Crippen LogP contribution < -0.4 is 9.64 Å². The quantitative estimate of drug-likeness (QED) is 0.639. The fourth-order valence-corrected chi connectivity index (χ4v) is 4.17. The number of piperazine rings is 1. The van der Waals surface area contributed by atoms with Crippen molar-refractivity contribution in [1.82, 2.24) is 9.88 Å². The molecular weight excluding hydrogens is 390 g/mol. The van der Waals surface area contributed by atoms with E-state index in [2.05, 4.69) is 4.98 Å². The van der Waals surface area contributed by atoms with Crippen LogP contribution in [-0.4, -0.2) is 47.9 Å². The maximum atomic E-state index is 13.6. The Morgan fingerprint density at radius 1 is 1.03 bits per heavy atom. The van der Waals surface area contributed by atoms with Gasteiger partial charge in [0.05, 0.1) is 12.8 Å². The van der Waals surface area contributed by atoms with Gasteiger partial charge in [-0.3, -0.25) is 14.6 Å². The Labute approximate surface area is 182 Å². The summed E-state index contributed by atoms with van der Waals surface area (Å²) in [5.74, 6) is 0.443. The van der Waals surface area contributed by atoms with E-state index in [4.69, 9.17) is 4.74 Å². The van der Waals surface area contributed by atoms with Gasteiger partial charge >= 0.3 is 0 Å². The van der Waals surface area contributed by atoms with Crippen LogP contribution in [0.25, 0.3) is 11.1 Å². The Bertz CT molecular complexity index is 1080. The Kier molecular flexibility index (Phi) is 5.98. The molecule has 0 radical (unpaired) electrons. The van der Waals surface area contributed by atoms with Gasteiger partial charge in [0.2, 0.25) is 11.8 Å². The predicted molar refractivity (Wildman–Crippen MR) is 120 cm³/mol. The van der Waals surface area contributed by atoms with E-state index in [9.17, 15) is 9.59 Å².